The van der Waals surface area contributed by atoms with Crippen molar-refractivity contribution in [2.75, 3.05) is 18.0 Å². The molecule has 1 aromatic rings. The Morgan fingerprint density at radius 1 is 1.18 bits per heavy atom. The molecule has 2 N–H and O–H groups in total. The summed E-state index contributed by atoms with van der Waals surface area (Å²) in [6.07, 6.45) is 5.58. The lowest BCUT2D eigenvalue weighted by atomic mass is 10.0. The van der Waals surface area contributed by atoms with Crippen molar-refractivity contribution in [3.8, 4) is 0 Å². The van der Waals surface area contributed by atoms with Crippen LogP contribution in [0.25, 0.3) is 0 Å². The zero-order chi connectivity index (χ0) is 11.8. The molecule has 0 amide bonds. The Hall–Kier alpha value is -1.09. The minimum Gasteiger partial charge on any atom is -0.369 e. The molecule has 0 aromatic heterocycles. The summed E-state index contributed by atoms with van der Waals surface area (Å²) in [4.78, 5) is 2.18. The third-order valence-electron chi connectivity index (χ3n) is 4.03. The van der Waals surface area contributed by atoms with Crippen LogP contribution in [0.4, 0.5) is 10.1 Å². The van der Waals surface area contributed by atoms with Gasteiger partial charge in [0.1, 0.15) is 5.82 Å². The topological polar surface area (TPSA) is 29.3 Å². The highest BCUT2D eigenvalue weighted by Crippen LogP contribution is 2.34. The van der Waals surface area contributed by atoms with Crippen molar-refractivity contribution < 1.29 is 4.39 Å². The normalized spacial score (nSPS) is 23.9. The monoisotopic (exact) mass is 234 g/mol. The second-order valence-electron chi connectivity index (χ2n) is 5.20. The highest BCUT2D eigenvalue weighted by molar-refractivity contribution is 5.54. The van der Waals surface area contributed by atoms with E-state index in [1.807, 2.05) is 6.07 Å². The maximum absolute atomic E-state index is 14.1. The van der Waals surface area contributed by atoms with Crippen LogP contribution in [0.2, 0.25) is 0 Å². The van der Waals surface area contributed by atoms with E-state index in [-0.39, 0.29) is 11.9 Å². The summed E-state index contributed by atoms with van der Waals surface area (Å²) in [5.74, 6) is -0.0944. The van der Waals surface area contributed by atoms with Crippen LogP contribution in [0.5, 0.6) is 0 Å². The van der Waals surface area contributed by atoms with Crippen molar-refractivity contribution in [1.29, 1.82) is 0 Å². The summed E-state index contributed by atoms with van der Waals surface area (Å²) in [6.45, 7) is 1.98. The summed E-state index contributed by atoms with van der Waals surface area (Å²) in [7, 11) is 0. The molecule has 1 saturated heterocycles. The van der Waals surface area contributed by atoms with Crippen molar-refractivity contribution >= 4 is 5.69 Å². The number of hydrogen-bond donors (Lipinski definition) is 1. The fourth-order valence-electron chi connectivity index (χ4n) is 3.03. The highest BCUT2D eigenvalue weighted by atomic mass is 19.1. The van der Waals surface area contributed by atoms with E-state index in [0.29, 0.717) is 0 Å². The zero-order valence-corrected chi connectivity index (χ0v) is 10.1. The van der Waals surface area contributed by atoms with E-state index in [4.69, 9.17) is 5.73 Å². The van der Waals surface area contributed by atoms with E-state index in [2.05, 4.69) is 4.90 Å². The molecule has 17 heavy (non-hydrogen) atoms. The fourth-order valence-corrected chi connectivity index (χ4v) is 3.03. The Kier molecular flexibility index (Phi) is 2.79. The average molecular weight is 234 g/mol. The summed E-state index contributed by atoms with van der Waals surface area (Å²) in [5.41, 5.74) is 9.02. The number of fused-ring (bicyclic) bond motifs is 1. The van der Waals surface area contributed by atoms with Crippen LogP contribution < -0.4 is 10.6 Å². The third kappa shape index (κ3) is 1.93. The van der Waals surface area contributed by atoms with Gasteiger partial charge in [0.15, 0.2) is 0 Å². The minimum atomic E-state index is -0.0944. The lowest BCUT2D eigenvalue weighted by molar-refractivity contribution is 0.556. The van der Waals surface area contributed by atoms with Gasteiger partial charge in [0, 0.05) is 19.1 Å². The second-order valence-corrected chi connectivity index (χ2v) is 5.20. The van der Waals surface area contributed by atoms with Crippen molar-refractivity contribution in [3.63, 3.8) is 0 Å². The molecule has 0 unspecified atom stereocenters. The molecule has 1 atom stereocenters. The molecule has 1 aliphatic carbocycles. The molecule has 3 heteroatoms. The van der Waals surface area contributed by atoms with Crippen LogP contribution in [-0.4, -0.2) is 13.1 Å². The fraction of sp³-hybridized carbons (Fsp3) is 0.571. The molecular weight excluding hydrogens is 215 g/mol. The van der Waals surface area contributed by atoms with Gasteiger partial charge in [0.25, 0.3) is 0 Å². The Labute approximate surface area is 102 Å². The second kappa shape index (κ2) is 4.30. The number of benzene rings is 1. The van der Waals surface area contributed by atoms with Gasteiger partial charge in [-0.1, -0.05) is 0 Å². The van der Waals surface area contributed by atoms with E-state index in [0.717, 1.165) is 37.2 Å². The largest absolute Gasteiger partial charge is 0.369 e. The van der Waals surface area contributed by atoms with Crippen LogP contribution >= 0.6 is 0 Å². The quantitative estimate of drug-likeness (QED) is 0.809. The maximum Gasteiger partial charge on any atom is 0.146 e. The first-order chi connectivity index (χ1) is 8.25. The van der Waals surface area contributed by atoms with Crippen molar-refractivity contribution in [2.45, 2.75) is 38.1 Å². The van der Waals surface area contributed by atoms with Gasteiger partial charge >= 0.3 is 0 Å². The molecule has 0 bridgehead atoms. The molecule has 3 rings (SSSR count). The number of piperidine rings is 1. The SMILES string of the molecule is N[C@@H]1CCc2cc(N3CCCCC3)c(F)cc21. The minimum absolute atomic E-state index is 0.0369. The van der Waals surface area contributed by atoms with Gasteiger partial charge in [-0.05, 0) is 55.4 Å². The van der Waals surface area contributed by atoms with E-state index < -0.39 is 0 Å². The van der Waals surface area contributed by atoms with Gasteiger partial charge in [0.2, 0.25) is 0 Å². The van der Waals surface area contributed by atoms with Crippen LogP contribution in [0, 0.1) is 5.82 Å². The molecule has 0 radical (unpaired) electrons. The summed E-state index contributed by atoms with van der Waals surface area (Å²) < 4.78 is 14.1. The molecule has 92 valence electrons. The molecule has 0 saturated carbocycles. The summed E-state index contributed by atoms with van der Waals surface area (Å²) in [6, 6.07) is 3.73. The number of anilines is 1. The molecule has 0 spiro atoms. The van der Waals surface area contributed by atoms with E-state index in [1.54, 1.807) is 6.07 Å². The lowest BCUT2D eigenvalue weighted by Crippen LogP contribution is -2.30. The standard InChI is InChI=1S/C14H19FN2/c15-12-9-11-10(4-5-13(11)16)8-14(12)17-6-2-1-3-7-17/h8-9,13H,1-7,16H2/t13-/m1/s1. The Morgan fingerprint density at radius 2 is 1.94 bits per heavy atom. The van der Waals surface area contributed by atoms with Gasteiger partial charge in [-0.15, -0.1) is 0 Å². The number of hydrogen-bond acceptors (Lipinski definition) is 2. The smallest absolute Gasteiger partial charge is 0.146 e. The Morgan fingerprint density at radius 3 is 2.71 bits per heavy atom. The van der Waals surface area contributed by atoms with Crippen LogP contribution in [0.3, 0.4) is 0 Å². The molecule has 1 aliphatic heterocycles. The molecular formula is C14H19FN2. The first kappa shape index (κ1) is 11.0. The molecule has 1 heterocycles. The summed E-state index contributed by atoms with van der Waals surface area (Å²) in [5, 5.41) is 0. The third-order valence-corrected chi connectivity index (χ3v) is 4.03. The van der Waals surface area contributed by atoms with Crippen molar-refractivity contribution in [2.24, 2.45) is 5.73 Å². The average Bonchev–Trinajstić information content (AvgIpc) is 2.71. The predicted molar refractivity (Wildman–Crippen MR) is 67.7 cm³/mol. The molecule has 2 aliphatic rings. The van der Waals surface area contributed by atoms with Gasteiger partial charge in [-0.2, -0.15) is 0 Å². The van der Waals surface area contributed by atoms with E-state index >= 15 is 0 Å². The number of halogens is 1. The lowest BCUT2D eigenvalue weighted by Gasteiger charge is -2.29. The van der Waals surface area contributed by atoms with Gasteiger partial charge in [-0.3, -0.25) is 0 Å². The van der Waals surface area contributed by atoms with E-state index in [9.17, 15) is 4.39 Å². The molecule has 1 aromatic carbocycles. The highest BCUT2D eigenvalue weighted by Gasteiger charge is 2.23. The number of aryl methyl sites for hydroxylation is 1. The number of rotatable bonds is 1. The predicted octanol–water partition coefficient (Wildman–Crippen LogP) is 2.76. The van der Waals surface area contributed by atoms with Crippen LogP contribution in [0.15, 0.2) is 12.1 Å². The van der Waals surface area contributed by atoms with Crippen LogP contribution in [0.1, 0.15) is 42.9 Å². The number of nitrogens with two attached hydrogens (primary N) is 1. The Bertz CT molecular complexity index is 424. The molecule has 2 nitrogen and oxygen atoms in total. The van der Waals surface area contributed by atoms with Gasteiger partial charge < -0.3 is 10.6 Å². The maximum atomic E-state index is 14.1. The first-order valence-corrected chi connectivity index (χ1v) is 6.58. The van der Waals surface area contributed by atoms with Crippen molar-refractivity contribution in [3.05, 3.63) is 29.1 Å². The van der Waals surface area contributed by atoms with Gasteiger partial charge in [-0.25, -0.2) is 4.39 Å². The number of nitrogens with zero attached hydrogens (tertiary/aromatic N) is 1. The van der Waals surface area contributed by atoms with Gasteiger partial charge in [0.05, 0.1) is 5.69 Å². The van der Waals surface area contributed by atoms with Crippen LogP contribution in [-0.2, 0) is 6.42 Å². The summed E-state index contributed by atoms with van der Waals surface area (Å²) >= 11 is 0. The first-order valence-electron chi connectivity index (χ1n) is 6.58. The Balaban J connectivity index is 1.95. The zero-order valence-electron chi connectivity index (χ0n) is 10.1. The van der Waals surface area contributed by atoms with Crippen molar-refractivity contribution in [1.82, 2.24) is 0 Å². The molecule has 1 fully saturated rings. The van der Waals surface area contributed by atoms with E-state index in [1.165, 1.54) is 24.8 Å².